The SMILES string of the molecule is O=C(NCCI)c1ccc2c(c1)OCCO2. The van der Waals surface area contributed by atoms with Gasteiger partial charge in [-0.2, -0.15) is 0 Å². The molecule has 0 bridgehead atoms. The zero-order chi connectivity index (χ0) is 11.4. The van der Waals surface area contributed by atoms with E-state index in [1.165, 1.54) is 0 Å². The van der Waals surface area contributed by atoms with Crippen molar-refractivity contribution >= 4 is 28.5 Å². The molecule has 16 heavy (non-hydrogen) atoms. The molecule has 86 valence electrons. The van der Waals surface area contributed by atoms with Crippen LogP contribution < -0.4 is 14.8 Å². The smallest absolute Gasteiger partial charge is 0.251 e. The van der Waals surface area contributed by atoms with Crippen molar-refractivity contribution in [2.24, 2.45) is 0 Å². The number of carbonyl (C=O) groups is 1. The number of carbonyl (C=O) groups excluding carboxylic acids is 1. The highest BCUT2D eigenvalue weighted by Crippen LogP contribution is 2.30. The van der Waals surface area contributed by atoms with Crippen molar-refractivity contribution in [3.63, 3.8) is 0 Å². The zero-order valence-corrected chi connectivity index (χ0v) is 10.8. The van der Waals surface area contributed by atoms with Gasteiger partial charge < -0.3 is 14.8 Å². The molecule has 0 fully saturated rings. The average molecular weight is 333 g/mol. The van der Waals surface area contributed by atoms with Gasteiger partial charge in [0.05, 0.1) is 0 Å². The molecule has 1 amide bonds. The van der Waals surface area contributed by atoms with E-state index in [2.05, 4.69) is 27.9 Å². The Morgan fingerprint density at radius 2 is 2.06 bits per heavy atom. The lowest BCUT2D eigenvalue weighted by Gasteiger charge is -2.18. The molecular weight excluding hydrogens is 321 g/mol. The van der Waals surface area contributed by atoms with Crippen molar-refractivity contribution in [2.75, 3.05) is 24.2 Å². The minimum Gasteiger partial charge on any atom is -0.486 e. The highest BCUT2D eigenvalue weighted by molar-refractivity contribution is 14.1. The van der Waals surface area contributed by atoms with Crippen molar-refractivity contribution in [3.8, 4) is 11.5 Å². The topological polar surface area (TPSA) is 47.6 Å². The second kappa shape index (κ2) is 5.38. The van der Waals surface area contributed by atoms with Crippen molar-refractivity contribution in [3.05, 3.63) is 23.8 Å². The van der Waals surface area contributed by atoms with Crippen LogP contribution in [0.5, 0.6) is 11.5 Å². The van der Waals surface area contributed by atoms with E-state index in [-0.39, 0.29) is 5.91 Å². The number of hydrogen-bond donors (Lipinski definition) is 1. The Bertz CT molecular complexity index is 395. The fourth-order valence-electron chi connectivity index (χ4n) is 1.45. The standard InChI is InChI=1S/C11H12INO3/c12-3-4-13-11(14)8-1-2-9-10(7-8)16-6-5-15-9/h1-2,7H,3-6H2,(H,13,14). The maximum absolute atomic E-state index is 11.7. The number of rotatable bonds is 3. The van der Waals surface area contributed by atoms with Crippen molar-refractivity contribution in [2.45, 2.75) is 0 Å². The third-order valence-electron chi connectivity index (χ3n) is 2.18. The van der Waals surface area contributed by atoms with Crippen LogP contribution in [-0.4, -0.2) is 30.1 Å². The Kier molecular flexibility index (Phi) is 3.87. The molecule has 0 unspecified atom stereocenters. The molecule has 0 atom stereocenters. The summed E-state index contributed by atoms with van der Waals surface area (Å²) in [4.78, 5) is 11.7. The predicted octanol–water partition coefficient (Wildman–Crippen LogP) is 1.62. The molecule has 1 heterocycles. The van der Waals surface area contributed by atoms with E-state index in [1.807, 2.05) is 0 Å². The summed E-state index contributed by atoms with van der Waals surface area (Å²) in [5.74, 6) is 1.28. The average Bonchev–Trinajstić information content (AvgIpc) is 2.35. The molecular formula is C11H12INO3. The molecule has 0 saturated carbocycles. The minimum atomic E-state index is -0.0753. The first-order valence-corrected chi connectivity index (χ1v) is 6.57. The summed E-state index contributed by atoms with van der Waals surface area (Å²) < 4.78 is 11.7. The minimum absolute atomic E-state index is 0.0753. The van der Waals surface area contributed by atoms with Gasteiger partial charge in [-0.25, -0.2) is 0 Å². The molecule has 0 saturated heterocycles. The van der Waals surface area contributed by atoms with Gasteiger partial charge in [0, 0.05) is 16.5 Å². The lowest BCUT2D eigenvalue weighted by atomic mass is 10.2. The summed E-state index contributed by atoms with van der Waals surface area (Å²) >= 11 is 2.22. The third-order valence-corrected chi connectivity index (χ3v) is 2.72. The molecule has 1 aromatic rings. The molecule has 1 N–H and O–H groups in total. The van der Waals surface area contributed by atoms with Gasteiger partial charge in [-0.3, -0.25) is 4.79 Å². The lowest BCUT2D eigenvalue weighted by molar-refractivity contribution is 0.0955. The highest BCUT2D eigenvalue weighted by atomic mass is 127. The molecule has 4 nitrogen and oxygen atoms in total. The first-order chi connectivity index (χ1) is 7.81. The van der Waals surface area contributed by atoms with Crippen LogP contribution in [0.2, 0.25) is 0 Å². The molecule has 1 aromatic carbocycles. The second-order valence-electron chi connectivity index (χ2n) is 3.30. The number of benzene rings is 1. The monoisotopic (exact) mass is 333 g/mol. The van der Waals surface area contributed by atoms with E-state index in [0.717, 1.165) is 4.43 Å². The van der Waals surface area contributed by atoms with Crippen LogP contribution in [0.25, 0.3) is 0 Å². The number of ether oxygens (including phenoxy) is 2. The summed E-state index contributed by atoms with van der Waals surface area (Å²) in [6.07, 6.45) is 0. The fraction of sp³-hybridized carbons (Fsp3) is 0.364. The van der Waals surface area contributed by atoms with Gasteiger partial charge >= 0.3 is 0 Å². The van der Waals surface area contributed by atoms with Crippen LogP contribution in [0.3, 0.4) is 0 Å². The maximum atomic E-state index is 11.7. The van der Waals surface area contributed by atoms with E-state index < -0.39 is 0 Å². The molecule has 0 spiro atoms. The van der Waals surface area contributed by atoms with Crippen LogP contribution >= 0.6 is 22.6 Å². The number of halogens is 1. The zero-order valence-electron chi connectivity index (χ0n) is 8.66. The first kappa shape index (κ1) is 11.5. The molecule has 1 aliphatic rings. The molecule has 0 aromatic heterocycles. The molecule has 0 aliphatic carbocycles. The van der Waals surface area contributed by atoms with Gasteiger partial charge in [-0.1, -0.05) is 22.6 Å². The van der Waals surface area contributed by atoms with E-state index in [1.54, 1.807) is 18.2 Å². The van der Waals surface area contributed by atoms with Crippen molar-refractivity contribution < 1.29 is 14.3 Å². The summed E-state index contributed by atoms with van der Waals surface area (Å²) in [5.41, 5.74) is 0.606. The summed E-state index contributed by atoms with van der Waals surface area (Å²) in [6.45, 7) is 1.77. The fourth-order valence-corrected chi connectivity index (χ4v) is 1.72. The van der Waals surface area contributed by atoms with Gasteiger partial charge in [0.2, 0.25) is 0 Å². The Hall–Kier alpha value is -0.980. The number of hydrogen-bond acceptors (Lipinski definition) is 3. The predicted molar refractivity (Wildman–Crippen MR) is 68.7 cm³/mol. The number of fused-ring (bicyclic) bond motifs is 1. The van der Waals surface area contributed by atoms with E-state index in [4.69, 9.17) is 9.47 Å². The van der Waals surface area contributed by atoms with Gasteiger partial charge in [-0.15, -0.1) is 0 Å². The van der Waals surface area contributed by atoms with Gasteiger partial charge in [0.1, 0.15) is 13.2 Å². The van der Waals surface area contributed by atoms with Crippen LogP contribution in [0.1, 0.15) is 10.4 Å². The Labute approximate surface area is 107 Å². The summed E-state index contributed by atoms with van der Waals surface area (Å²) in [6, 6.07) is 5.24. The summed E-state index contributed by atoms with van der Waals surface area (Å²) in [5, 5.41) is 2.81. The molecule has 0 radical (unpaired) electrons. The maximum Gasteiger partial charge on any atom is 0.251 e. The van der Waals surface area contributed by atoms with Gasteiger partial charge in [0.25, 0.3) is 5.91 Å². The van der Waals surface area contributed by atoms with Gasteiger partial charge in [0.15, 0.2) is 11.5 Å². The van der Waals surface area contributed by atoms with E-state index in [0.29, 0.717) is 36.8 Å². The number of nitrogens with one attached hydrogen (secondary N) is 1. The molecule has 2 rings (SSSR count). The summed E-state index contributed by atoms with van der Waals surface area (Å²) in [7, 11) is 0. The van der Waals surface area contributed by atoms with Crippen molar-refractivity contribution in [1.29, 1.82) is 0 Å². The van der Waals surface area contributed by atoms with Crippen molar-refractivity contribution in [1.82, 2.24) is 5.32 Å². The quantitative estimate of drug-likeness (QED) is 0.676. The Morgan fingerprint density at radius 1 is 1.31 bits per heavy atom. The Balaban J connectivity index is 2.13. The normalized spacial score (nSPS) is 13.3. The van der Waals surface area contributed by atoms with Crippen LogP contribution in [0.15, 0.2) is 18.2 Å². The van der Waals surface area contributed by atoms with Crippen LogP contribution in [-0.2, 0) is 0 Å². The van der Waals surface area contributed by atoms with Gasteiger partial charge in [-0.05, 0) is 18.2 Å². The van der Waals surface area contributed by atoms with Crippen LogP contribution in [0, 0.1) is 0 Å². The first-order valence-electron chi connectivity index (χ1n) is 5.05. The number of amides is 1. The highest BCUT2D eigenvalue weighted by Gasteiger charge is 2.14. The van der Waals surface area contributed by atoms with E-state index >= 15 is 0 Å². The second-order valence-corrected chi connectivity index (χ2v) is 4.38. The molecule has 5 heteroatoms. The van der Waals surface area contributed by atoms with E-state index in [9.17, 15) is 4.79 Å². The van der Waals surface area contributed by atoms with Crippen LogP contribution in [0.4, 0.5) is 0 Å². The third kappa shape index (κ3) is 2.58. The molecule has 1 aliphatic heterocycles. The largest absolute Gasteiger partial charge is 0.486 e. The number of alkyl halides is 1. The lowest BCUT2D eigenvalue weighted by Crippen LogP contribution is -2.25. The Morgan fingerprint density at radius 3 is 2.81 bits per heavy atom.